The lowest BCUT2D eigenvalue weighted by Gasteiger charge is -2.26. The van der Waals surface area contributed by atoms with Crippen molar-refractivity contribution in [3.63, 3.8) is 0 Å². The van der Waals surface area contributed by atoms with Gasteiger partial charge in [-0.2, -0.15) is 5.10 Å². The second-order valence-electron chi connectivity index (χ2n) is 6.22. The molecular weight excluding hydrogens is 264 g/mol. The molecule has 0 aliphatic rings. The Labute approximate surface area is 125 Å². The van der Waals surface area contributed by atoms with Crippen LogP contribution >= 0.6 is 0 Å². The summed E-state index contributed by atoms with van der Waals surface area (Å²) in [4.78, 5) is 12.0. The average molecular weight is 286 g/mol. The fourth-order valence-electron chi connectivity index (χ4n) is 1.84. The molecule has 0 aliphatic heterocycles. The third-order valence-electron chi connectivity index (χ3n) is 3.44. The van der Waals surface area contributed by atoms with Crippen LogP contribution < -0.4 is 11.1 Å². The molecule has 3 N–H and O–H groups in total. The van der Waals surface area contributed by atoms with E-state index in [0.29, 0.717) is 6.42 Å². The van der Waals surface area contributed by atoms with Crippen molar-refractivity contribution in [1.82, 2.24) is 9.78 Å². The van der Waals surface area contributed by atoms with E-state index in [2.05, 4.69) is 10.4 Å². The van der Waals surface area contributed by atoms with Crippen LogP contribution in [0.2, 0.25) is 0 Å². The van der Waals surface area contributed by atoms with E-state index in [0.717, 1.165) is 11.4 Å². The van der Waals surface area contributed by atoms with E-state index in [9.17, 15) is 4.79 Å². The molecule has 0 bridgehead atoms. The monoisotopic (exact) mass is 286 g/mol. The van der Waals surface area contributed by atoms with Gasteiger partial charge in [-0.1, -0.05) is 20.8 Å². The first-order chi connectivity index (χ1) is 9.86. The average Bonchev–Trinajstić information content (AvgIpc) is 2.92. The van der Waals surface area contributed by atoms with Crippen LogP contribution in [0.25, 0.3) is 5.69 Å². The molecule has 21 heavy (non-hydrogen) atoms. The lowest BCUT2D eigenvalue weighted by atomic mass is 9.85. The van der Waals surface area contributed by atoms with Gasteiger partial charge in [-0.05, 0) is 35.7 Å². The summed E-state index contributed by atoms with van der Waals surface area (Å²) in [5.41, 5.74) is 7.65. The number of aromatic nitrogens is 2. The molecule has 0 saturated carbocycles. The fourth-order valence-corrected chi connectivity index (χ4v) is 1.84. The normalized spacial score (nSPS) is 13.0. The summed E-state index contributed by atoms with van der Waals surface area (Å²) in [6, 6.07) is 9.23. The molecule has 1 aromatic carbocycles. The van der Waals surface area contributed by atoms with Crippen molar-refractivity contribution in [2.24, 2.45) is 11.1 Å². The number of benzene rings is 1. The Morgan fingerprint density at radius 1 is 1.33 bits per heavy atom. The highest BCUT2D eigenvalue weighted by Gasteiger charge is 2.23. The summed E-state index contributed by atoms with van der Waals surface area (Å²) in [6.07, 6.45) is 3.91. The number of hydrogen-bond donors (Lipinski definition) is 2. The number of rotatable bonds is 4. The molecule has 0 fully saturated rings. The Morgan fingerprint density at radius 3 is 2.52 bits per heavy atom. The molecule has 1 aromatic heterocycles. The van der Waals surface area contributed by atoms with Crippen molar-refractivity contribution in [1.29, 1.82) is 0 Å². The van der Waals surface area contributed by atoms with Crippen LogP contribution in [-0.4, -0.2) is 21.7 Å². The van der Waals surface area contributed by atoms with Gasteiger partial charge in [-0.25, -0.2) is 4.68 Å². The molecule has 112 valence electrons. The van der Waals surface area contributed by atoms with Crippen LogP contribution in [0.5, 0.6) is 0 Å². The molecule has 1 atom stereocenters. The maximum atomic E-state index is 12.0. The zero-order valence-electron chi connectivity index (χ0n) is 12.7. The topological polar surface area (TPSA) is 72.9 Å². The Balaban J connectivity index is 1.96. The van der Waals surface area contributed by atoms with Gasteiger partial charge in [0.15, 0.2) is 0 Å². The molecule has 5 nitrogen and oxygen atoms in total. The van der Waals surface area contributed by atoms with Crippen LogP contribution in [0.15, 0.2) is 42.7 Å². The van der Waals surface area contributed by atoms with Crippen molar-refractivity contribution >= 4 is 11.6 Å². The number of nitrogens with one attached hydrogen (secondary N) is 1. The van der Waals surface area contributed by atoms with Gasteiger partial charge in [0.05, 0.1) is 5.69 Å². The highest BCUT2D eigenvalue weighted by molar-refractivity contribution is 5.91. The highest BCUT2D eigenvalue weighted by atomic mass is 16.1. The van der Waals surface area contributed by atoms with E-state index in [4.69, 9.17) is 5.73 Å². The number of anilines is 1. The van der Waals surface area contributed by atoms with E-state index >= 15 is 0 Å². The minimum Gasteiger partial charge on any atom is -0.327 e. The van der Waals surface area contributed by atoms with Gasteiger partial charge in [-0.15, -0.1) is 0 Å². The van der Waals surface area contributed by atoms with E-state index in [-0.39, 0.29) is 17.4 Å². The fraction of sp³-hybridized carbons (Fsp3) is 0.375. The lowest BCUT2D eigenvalue weighted by molar-refractivity contribution is -0.117. The van der Waals surface area contributed by atoms with Crippen LogP contribution in [0.4, 0.5) is 5.69 Å². The minimum atomic E-state index is -0.166. The molecule has 0 aliphatic carbocycles. The number of nitrogens with two attached hydrogens (primary N) is 1. The second-order valence-corrected chi connectivity index (χ2v) is 6.22. The Kier molecular flexibility index (Phi) is 4.43. The standard InChI is InChI=1S/C16H22N4O/c1-16(2,3)14(17)11-15(21)19-12-5-7-13(8-6-12)20-10-4-9-18-20/h4-10,14H,11,17H2,1-3H3,(H,19,21). The molecule has 0 saturated heterocycles. The number of amides is 1. The molecule has 2 aromatic rings. The third kappa shape index (κ3) is 4.16. The number of nitrogens with zero attached hydrogens (tertiary/aromatic N) is 2. The quantitative estimate of drug-likeness (QED) is 0.907. The Bertz CT molecular complexity index is 582. The zero-order valence-corrected chi connectivity index (χ0v) is 12.7. The largest absolute Gasteiger partial charge is 0.327 e. The van der Waals surface area contributed by atoms with Gasteiger partial charge in [0.25, 0.3) is 0 Å². The van der Waals surface area contributed by atoms with Gasteiger partial charge in [-0.3, -0.25) is 4.79 Å². The van der Waals surface area contributed by atoms with Crippen molar-refractivity contribution < 1.29 is 4.79 Å². The maximum Gasteiger partial charge on any atom is 0.225 e. The van der Waals surface area contributed by atoms with Crippen molar-refractivity contribution in [2.75, 3.05) is 5.32 Å². The number of carbonyl (C=O) groups excluding carboxylic acids is 1. The van der Waals surface area contributed by atoms with Gasteiger partial charge >= 0.3 is 0 Å². The van der Waals surface area contributed by atoms with Gasteiger partial charge < -0.3 is 11.1 Å². The van der Waals surface area contributed by atoms with Gasteiger partial charge in [0.1, 0.15) is 0 Å². The molecule has 0 radical (unpaired) electrons. The van der Waals surface area contributed by atoms with Crippen LogP contribution in [0.1, 0.15) is 27.2 Å². The Hall–Kier alpha value is -2.14. The van der Waals surface area contributed by atoms with Crippen LogP contribution in [-0.2, 0) is 4.79 Å². The molecular formula is C16H22N4O. The summed E-state index contributed by atoms with van der Waals surface area (Å²) >= 11 is 0. The Morgan fingerprint density at radius 2 is 2.00 bits per heavy atom. The first kappa shape index (κ1) is 15.3. The zero-order chi connectivity index (χ0) is 15.5. The molecule has 0 spiro atoms. The summed E-state index contributed by atoms with van der Waals surface area (Å²) in [5.74, 6) is -0.0655. The predicted octanol–water partition coefficient (Wildman–Crippen LogP) is 2.57. The first-order valence-electron chi connectivity index (χ1n) is 7.02. The first-order valence-corrected chi connectivity index (χ1v) is 7.02. The SMILES string of the molecule is CC(C)(C)C(N)CC(=O)Nc1ccc(-n2cccn2)cc1. The molecule has 1 amide bonds. The molecule has 2 rings (SSSR count). The van der Waals surface area contributed by atoms with Crippen molar-refractivity contribution in [3.05, 3.63) is 42.7 Å². The van der Waals surface area contributed by atoms with E-state index in [1.54, 1.807) is 10.9 Å². The highest BCUT2D eigenvalue weighted by Crippen LogP contribution is 2.20. The maximum absolute atomic E-state index is 12.0. The van der Waals surface area contributed by atoms with Gasteiger partial charge in [0.2, 0.25) is 5.91 Å². The van der Waals surface area contributed by atoms with Crippen molar-refractivity contribution in [2.45, 2.75) is 33.2 Å². The smallest absolute Gasteiger partial charge is 0.225 e. The lowest BCUT2D eigenvalue weighted by Crippen LogP contribution is -2.38. The molecule has 1 unspecified atom stereocenters. The molecule has 5 heteroatoms. The van der Waals surface area contributed by atoms with E-state index < -0.39 is 0 Å². The number of hydrogen-bond acceptors (Lipinski definition) is 3. The summed E-state index contributed by atoms with van der Waals surface area (Å²) in [6.45, 7) is 6.09. The molecule has 1 heterocycles. The summed E-state index contributed by atoms with van der Waals surface area (Å²) < 4.78 is 1.76. The second kappa shape index (κ2) is 6.10. The summed E-state index contributed by atoms with van der Waals surface area (Å²) in [5, 5.41) is 7.03. The van der Waals surface area contributed by atoms with Gasteiger partial charge in [0, 0.05) is 30.5 Å². The van der Waals surface area contributed by atoms with Crippen molar-refractivity contribution in [3.8, 4) is 5.69 Å². The third-order valence-corrected chi connectivity index (χ3v) is 3.44. The number of carbonyl (C=O) groups is 1. The van der Waals surface area contributed by atoms with Crippen LogP contribution in [0, 0.1) is 5.41 Å². The van der Waals surface area contributed by atoms with E-state index in [1.807, 2.05) is 57.3 Å². The predicted molar refractivity (Wildman–Crippen MR) is 84.2 cm³/mol. The van der Waals surface area contributed by atoms with Crippen LogP contribution in [0.3, 0.4) is 0 Å². The van der Waals surface area contributed by atoms with E-state index in [1.165, 1.54) is 0 Å². The summed E-state index contributed by atoms with van der Waals surface area (Å²) in [7, 11) is 0. The minimum absolute atomic E-state index is 0.0655.